The molecule has 1 aromatic rings. The van der Waals surface area contributed by atoms with Crippen LogP contribution in [0.4, 0.5) is 16.2 Å². The third kappa shape index (κ3) is 6.11. The Morgan fingerprint density at radius 1 is 1.04 bits per heavy atom. The fourth-order valence-electron chi connectivity index (χ4n) is 4.01. The van der Waals surface area contributed by atoms with E-state index in [1.807, 2.05) is 17.0 Å². The monoisotopic (exact) mass is 387 g/mol. The highest BCUT2D eigenvalue weighted by Crippen LogP contribution is 2.24. The summed E-state index contributed by atoms with van der Waals surface area (Å²) >= 11 is 0. The molecule has 2 aliphatic heterocycles. The summed E-state index contributed by atoms with van der Waals surface area (Å²) in [5.74, 6) is 0.836. The number of carbonyl (C=O) groups is 1. The van der Waals surface area contributed by atoms with Crippen molar-refractivity contribution in [1.82, 2.24) is 14.7 Å². The van der Waals surface area contributed by atoms with Crippen molar-refractivity contribution in [3.63, 3.8) is 0 Å². The average molecular weight is 388 g/mol. The van der Waals surface area contributed by atoms with Crippen LogP contribution in [0.15, 0.2) is 24.3 Å². The second kappa shape index (κ2) is 10.1. The zero-order valence-corrected chi connectivity index (χ0v) is 17.9. The van der Waals surface area contributed by atoms with Gasteiger partial charge in [-0.3, -0.25) is 4.90 Å². The maximum Gasteiger partial charge on any atom is 0.321 e. The van der Waals surface area contributed by atoms with Crippen LogP contribution in [0.1, 0.15) is 26.2 Å². The van der Waals surface area contributed by atoms with Crippen LogP contribution in [0.3, 0.4) is 0 Å². The van der Waals surface area contributed by atoms with Gasteiger partial charge in [-0.25, -0.2) is 4.79 Å². The first-order valence-electron chi connectivity index (χ1n) is 10.8. The van der Waals surface area contributed by atoms with Gasteiger partial charge in [-0.15, -0.1) is 0 Å². The van der Waals surface area contributed by atoms with Crippen molar-refractivity contribution in [1.29, 1.82) is 0 Å². The van der Waals surface area contributed by atoms with E-state index in [4.69, 9.17) is 0 Å². The molecule has 2 saturated heterocycles. The third-order valence-electron chi connectivity index (χ3n) is 6.01. The van der Waals surface area contributed by atoms with E-state index in [0.717, 1.165) is 64.0 Å². The van der Waals surface area contributed by atoms with Gasteiger partial charge < -0.3 is 20.0 Å². The normalized spacial score (nSPS) is 19.3. The molecule has 0 radical (unpaired) electrons. The smallest absolute Gasteiger partial charge is 0.321 e. The molecular formula is C22H37N5O. The van der Waals surface area contributed by atoms with Gasteiger partial charge in [0.2, 0.25) is 0 Å². The Hall–Kier alpha value is -1.79. The fourth-order valence-corrected chi connectivity index (χ4v) is 4.01. The first kappa shape index (κ1) is 20.9. The van der Waals surface area contributed by atoms with Crippen LogP contribution in [-0.4, -0.2) is 87.2 Å². The summed E-state index contributed by atoms with van der Waals surface area (Å²) in [6.45, 7) is 10.4. The second-order valence-corrected chi connectivity index (χ2v) is 8.63. The first-order valence-corrected chi connectivity index (χ1v) is 10.8. The van der Waals surface area contributed by atoms with Crippen LogP contribution in [0.25, 0.3) is 0 Å². The van der Waals surface area contributed by atoms with Crippen molar-refractivity contribution >= 4 is 17.4 Å². The number of piperidine rings is 1. The molecule has 0 aromatic heterocycles. The highest BCUT2D eigenvalue weighted by atomic mass is 16.2. The summed E-state index contributed by atoms with van der Waals surface area (Å²) in [5.41, 5.74) is 2.14. The summed E-state index contributed by atoms with van der Waals surface area (Å²) in [5, 5.41) is 3.07. The molecule has 2 amide bonds. The van der Waals surface area contributed by atoms with Gasteiger partial charge in [0.1, 0.15) is 0 Å². The molecule has 28 heavy (non-hydrogen) atoms. The number of benzene rings is 1. The molecule has 0 spiro atoms. The quantitative estimate of drug-likeness (QED) is 0.815. The maximum absolute atomic E-state index is 12.6. The predicted octanol–water partition coefficient (Wildman–Crippen LogP) is 3.02. The molecule has 0 bridgehead atoms. The molecule has 2 fully saturated rings. The molecule has 2 aliphatic rings. The molecule has 6 heteroatoms. The molecule has 0 unspecified atom stereocenters. The van der Waals surface area contributed by atoms with Gasteiger partial charge >= 0.3 is 6.03 Å². The third-order valence-corrected chi connectivity index (χ3v) is 6.01. The maximum atomic E-state index is 12.6. The summed E-state index contributed by atoms with van der Waals surface area (Å²) in [6.07, 6.45) is 3.71. The number of nitrogens with zero attached hydrogens (tertiary/aromatic N) is 4. The van der Waals surface area contributed by atoms with E-state index in [-0.39, 0.29) is 6.03 Å². The van der Waals surface area contributed by atoms with Crippen molar-refractivity contribution in [2.75, 3.05) is 76.7 Å². The van der Waals surface area contributed by atoms with Crippen molar-refractivity contribution in [2.45, 2.75) is 26.2 Å². The van der Waals surface area contributed by atoms with Crippen molar-refractivity contribution < 1.29 is 4.79 Å². The van der Waals surface area contributed by atoms with E-state index in [1.165, 1.54) is 24.9 Å². The van der Waals surface area contributed by atoms with Gasteiger partial charge in [-0.2, -0.15) is 0 Å². The van der Waals surface area contributed by atoms with Crippen molar-refractivity contribution in [2.24, 2.45) is 5.92 Å². The SMILES string of the molecule is CC1CCN(c2ccc(NC(=O)N3CCN(CCCN(C)C)CC3)cc2)CC1. The Balaban J connectivity index is 1.41. The van der Waals surface area contributed by atoms with E-state index in [9.17, 15) is 4.79 Å². The Morgan fingerprint density at radius 2 is 1.68 bits per heavy atom. The second-order valence-electron chi connectivity index (χ2n) is 8.63. The average Bonchev–Trinajstić information content (AvgIpc) is 2.69. The van der Waals surface area contributed by atoms with Gasteiger partial charge in [0.15, 0.2) is 0 Å². The first-order chi connectivity index (χ1) is 13.5. The molecule has 0 atom stereocenters. The van der Waals surface area contributed by atoms with Crippen LogP contribution < -0.4 is 10.2 Å². The molecule has 0 saturated carbocycles. The van der Waals surface area contributed by atoms with Crippen LogP contribution in [-0.2, 0) is 0 Å². The highest BCUT2D eigenvalue weighted by molar-refractivity contribution is 5.89. The zero-order valence-electron chi connectivity index (χ0n) is 17.9. The number of piperazine rings is 1. The van der Waals surface area contributed by atoms with Gasteiger partial charge in [0, 0.05) is 50.6 Å². The van der Waals surface area contributed by atoms with E-state index >= 15 is 0 Å². The Morgan fingerprint density at radius 3 is 2.29 bits per heavy atom. The lowest BCUT2D eigenvalue weighted by Crippen LogP contribution is -2.50. The minimum absolute atomic E-state index is 0.0208. The van der Waals surface area contributed by atoms with Crippen molar-refractivity contribution in [3.8, 4) is 0 Å². The number of nitrogens with one attached hydrogen (secondary N) is 1. The summed E-state index contributed by atoms with van der Waals surface area (Å²) in [6, 6.07) is 8.35. The number of amides is 2. The topological polar surface area (TPSA) is 42.1 Å². The summed E-state index contributed by atoms with van der Waals surface area (Å²) in [7, 11) is 4.23. The summed E-state index contributed by atoms with van der Waals surface area (Å²) in [4.78, 5) is 21.6. The number of rotatable bonds is 6. The van der Waals surface area contributed by atoms with Gasteiger partial charge in [0.05, 0.1) is 0 Å². The van der Waals surface area contributed by atoms with Crippen LogP contribution in [0, 0.1) is 5.92 Å². The lowest BCUT2D eigenvalue weighted by atomic mass is 9.99. The minimum Gasteiger partial charge on any atom is -0.372 e. The summed E-state index contributed by atoms with van der Waals surface area (Å²) < 4.78 is 0. The fraction of sp³-hybridized carbons (Fsp3) is 0.682. The predicted molar refractivity (Wildman–Crippen MR) is 117 cm³/mol. The largest absolute Gasteiger partial charge is 0.372 e. The van der Waals surface area contributed by atoms with E-state index in [0.29, 0.717) is 0 Å². The molecule has 6 nitrogen and oxygen atoms in total. The van der Waals surface area contributed by atoms with E-state index < -0.39 is 0 Å². The Bertz CT molecular complexity index is 602. The van der Waals surface area contributed by atoms with Crippen molar-refractivity contribution in [3.05, 3.63) is 24.3 Å². The Kier molecular flexibility index (Phi) is 7.57. The van der Waals surface area contributed by atoms with Gasteiger partial charge in [-0.1, -0.05) is 6.92 Å². The lowest BCUT2D eigenvalue weighted by Gasteiger charge is -2.35. The number of anilines is 2. The molecule has 156 valence electrons. The number of hydrogen-bond donors (Lipinski definition) is 1. The minimum atomic E-state index is 0.0208. The molecular weight excluding hydrogens is 350 g/mol. The Labute approximate surface area is 170 Å². The van der Waals surface area contributed by atoms with Gasteiger partial charge in [0.25, 0.3) is 0 Å². The molecule has 3 rings (SSSR count). The van der Waals surface area contributed by atoms with E-state index in [1.54, 1.807) is 0 Å². The number of hydrogen-bond acceptors (Lipinski definition) is 4. The number of urea groups is 1. The highest BCUT2D eigenvalue weighted by Gasteiger charge is 2.21. The lowest BCUT2D eigenvalue weighted by molar-refractivity contribution is 0.144. The molecule has 1 N–H and O–H groups in total. The van der Waals surface area contributed by atoms with Crippen LogP contribution >= 0.6 is 0 Å². The number of carbonyl (C=O) groups excluding carboxylic acids is 1. The molecule has 2 heterocycles. The molecule has 1 aromatic carbocycles. The zero-order chi connectivity index (χ0) is 19.9. The molecule has 0 aliphatic carbocycles. The standard InChI is InChI=1S/C22H37N5O/c1-19-9-13-26(14-10-19)21-7-5-20(6-8-21)23-22(28)27-17-15-25(16-18-27)12-4-11-24(2)3/h5-8,19H,4,9-18H2,1-3H3,(H,23,28). The van der Waals surface area contributed by atoms with Gasteiger partial charge in [-0.05, 0) is 76.6 Å². The van der Waals surface area contributed by atoms with Crippen LogP contribution in [0.2, 0.25) is 0 Å². The van der Waals surface area contributed by atoms with Crippen LogP contribution in [0.5, 0.6) is 0 Å². The van der Waals surface area contributed by atoms with E-state index in [2.05, 4.69) is 53.2 Å².